The first-order valence-corrected chi connectivity index (χ1v) is 15.9. The van der Waals surface area contributed by atoms with Gasteiger partial charge in [0.15, 0.2) is 0 Å². The van der Waals surface area contributed by atoms with Gasteiger partial charge in [-0.15, -0.1) is 41.2 Å². The van der Waals surface area contributed by atoms with E-state index in [4.69, 9.17) is 9.72 Å². The Balaban J connectivity index is 0.00000312. The molecule has 0 atom stereocenters. The molecular weight excluding hydrogens is 677 g/mol. The maximum atomic E-state index is 6.42. The topological polar surface area (TPSA) is 39.4 Å². The number of imidazole rings is 1. The Morgan fingerprint density at radius 1 is 0.696 bits per heavy atom. The number of hydrogen-bond donors (Lipinski definition) is 0. The van der Waals surface area contributed by atoms with Crippen molar-refractivity contribution in [2.45, 2.75) is 26.2 Å². The third-order valence-electron chi connectivity index (χ3n) is 8.62. The second-order valence-corrected chi connectivity index (χ2v) is 13.6. The van der Waals surface area contributed by atoms with Crippen molar-refractivity contribution in [3.8, 4) is 22.8 Å². The van der Waals surface area contributed by atoms with Crippen molar-refractivity contribution < 1.29 is 25.2 Å². The Hall–Kier alpha value is -4.60. The van der Waals surface area contributed by atoms with Crippen molar-refractivity contribution in [3.05, 3.63) is 127 Å². The second-order valence-electron chi connectivity index (χ2n) is 12.5. The van der Waals surface area contributed by atoms with E-state index in [0.29, 0.717) is 11.5 Å². The van der Waals surface area contributed by atoms with Crippen molar-refractivity contribution in [2.75, 3.05) is 0 Å². The molecule has 0 N–H and O–H groups in total. The minimum atomic E-state index is 0. The number of pyridine rings is 2. The van der Waals surface area contributed by atoms with Crippen LogP contribution < -0.4 is 4.74 Å². The van der Waals surface area contributed by atoms with Gasteiger partial charge >= 0.3 is 20.4 Å². The Morgan fingerprint density at radius 2 is 1.52 bits per heavy atom. The molecule has 0 aliphatic rings. The summed E-state index contributed by atoms with van der Waals surface area (Å²) in [6.45, 7) is 6.62. The van der Waals surface area contributed by atoms with E-state index in [1.54, 1.807) is 0 Å². The zero-order valence-electron chi connectivity index (χ0n) is 25.4. The number of thiophene rings is 1. The Morgan fingerprint density at radius 3 is 2.41 bits per heavy atom. The van der Waals surface area contributed by atoms with Crippen LogP contribution in [0, 0.1) is 12.1 Å². The summed E-state index contributed by atoms with van der Waals surface area (Å²) in [6, 6.07) is 42.9. The average molecular weight is 704 g/mol. The van der Waals surface area contributed by atoms with Crippen LogP contribution in [-0.4, -0.2) is 14.4 Å². The van der Waals surface area contributed by atoms with E-state index in [2.05, 4.69) is 115 Å². The van der Waals surface area contributed by atoms with E-state index in [1.807, 2.05) is 47.9 Å². The van der Waals surface area contributed by atoms with E-state index in [0.717, 1.165) is 44.2 Å². The van der Waals surface area contributed by atoms with Crippen LogP contribution in [0.2, 0.25) is 0 Å². The van der Waals surface area contributed by atoms with Crippen LogP contribution in [-0.2, 0) is 25.8 Å². The minimum absolute atomic E-state index is 0. The quantitative estimate of drug-likeness (QED) is 0.104. The molecule has 4 heterocycles. The van der Waals surface area contributed by atoms with Crippen molar-refractivity contribution in [2.24, 2.45) is 0 Å². The van der Waals surface area contributed by atoms with Crippen LogP contribution >= 0.6 is 11.3 Å². The number of fused-ring (bicyclic) bond motifs is 11. The zero-order chi connectivity index (χ0) is 30.3. The maximum Gasteiger partial charge on any atom is 2.00 e. The summed E-state index contributed by atoms with van der Waals surface area (Å²) >= 11 is 1.83. The molecule has 0 bridgehead atoms. The fraction of sp³-hybridized carbons (Fsp3) is 0.100. The normalized spacial score (nSPS) is 12.1. The number of para-hydroxylation sites is 2. The summed E-state index contributed by atoms with van der Waals surface area (Å²) in [4.78, 5) is 9.74. The standard InChI is InChI=1S/C40H27N3OS.Pd/c1-40(2,3)25-17-18-41-34(20-25)24-9-8-10-26(19-24)44-27-15-16-28-30-23-38-31(29-11-4-7-14-37(29)45-38)22-36(30)43-35-13-6-5-12-33(35)42-39(43)32(28)21-27;/h4-18,20,22-23H,1-3H3;/q-2;+2. The molecule has 0 saturated heterocycles. The number of benzene rings is 5. The number of rotatable bonds is 3. The maximum absolute atomic E-state index is 6.42. The predicted molar refractivity (Wildman–Crippen MR) is 187 cm³/mol. The molecular formula is C40H27N3OPdS. The Bertz CT molecular complexity index is 2630. The summed E-state index contributed by atoms with van der Waals surface area (Å²) in [7, 11) is 0. The van der Waals surface area contributed by atoms with Crippen LogP contribution in [0.4, 0.5) is 0 Å². The number of hydrogen-bond acceptors (Lipinski definition) is 4. The molecule has 5 aromatic carbocycles. The molecule has 0 fully saturated rings. The third kappa shape index (κ3) is 4.60. The van der Waals surface area contributed by atoms with E-state index in [-0.39, 0.29) is 25.8 Å². The average Bonchev–Trinajstić information content (AvgIpc) is 3.62. The van der Waals surface area contributed by atoms with Gasteiger partial charge in [-0.3, -0.25) is 4.98 Å². The van der Waals surface area contributed by atoms with Gasteiger partial charge in [-0.2, -0.15) is 0 Å². The molecule has 0 saturated carbocycles. The van der Waals surface area contributed by atoms with Gasteiger partial charge in [0, 0.05) is 43.4 Å². The largest absolute Gasteiger partial charge is 2.00 e. The monoisotopic (exact) mass is 703 g/mol. The van der Waals surface area contributed by atoms with Crippen LogP contribution in [0.15, 0.2) is 109 Å². The molecule has 4 nitrogen and oxygen atoms in total. The molecule has 6 heteroatoms. The van der Waals surface area contributed by atoms with Crippen LogP contribution in [0.5, 0.6) is 11.5 Å². The molecule has 4 aromatic heterocycles. The number of aromatic nitrogens is 3. The SMILES string of the molecule is CC(C)(C)c1ccnc(-c2[c-]c(Oc3[c-]c4c(cc3)c3cc5sc6ccccc6c5cc3n3c5ccccc5nc43)ccc2)c1.[Pd+2]. The van der Waals surface area contributed by atoms with Gasteiger partial charge in [0.25, 0.3) is 0 Å². The van der Waals surface area contributed by atoms with Gasteiger partial charge in [-0.05, 0) is 58.5 Å². The minimum Gasteiger partial charge on any atom is -0.497 e. The second kappa shape index (κ2) is 10.7. The number of ether oxygens (including phenoxy) is 1. The summed E-state index contributed by atoms with van der Waals surface area (Å²) in [5.41, 5.74) is 7.05. The molecule has 0 radical (unpaired) electrons. The Kier molecular flexibility index (Phi) is 6.74. The first kappa shape index (κ1) is 28.8. The summed E-state index contributed by atoms with van der Waals surface area (Å²) in [5.74, 6) is 1.23. The molecule has 0 amide bonds. The van der Waals surface area contributed by atoms with Crippen molar-refractivity contribution in [3.63, 3.8) is 0 Å². The van der Waals surface area contributed by atoms with E-state index in [1.165, 1.54) is 31.1 Å². The molecule has 0 aliphatic heterocycles. The summed E-state index contributed by atoms with van der Waals surface area (Å²) < 4.78 is 11.3. The van der Waals surface area contributed by atoms with Crippen molar-refractivity contribution >= 4 is 69.9 Å². The first-order valence-electron chi connectivity index (χ1n) is 15.1. The number of nitrogens with zero attached hydrogens (tertiary/aromatic N) is 3. The van der Waals surface area contributed by atoms with Crippen molar-refractivity contribution in [1.82, 2.24) is 14.4 Å². The smallest absolute Gasteiger partial charge is 0.497 e. The van der Waals surface area contributed by atoms with E-state index in [9.17, 15) is 0 Å². The fourth-order valence-electron chi connectivity index (χ4n) is 6.35. The molecule has 46 heavy (non-hydrogen) atoms. The molecule has 0 unspecified atom stereocenters. The van der Waals surface area contributed by atoms with E-state index >= 15 is 0 Å². The first-order chi connectivity index (χ1) is 21.9. The predicted octanol–water partition coefficient (Wildman–Crippen LogP) is 10.9. The van der Waals surface area contributed by atoms with Gasteiger partial charge in [-0.25, -0.2) is 0 Å². The summed E-state index contributed by atoms with van der Waals surface area (Å²) in [5, 5.41) is 5.74. The van der Waals surface area contributed by atoms with Gasteiger partial charge < -0.3 is 14.1 Å². The molecule has 0 spiro atoms. The van der Waals surface area contributed by atoms with Crippen LogP contribution in [0.1, 0.15) is 26.3 Å². The molecule has 9 rings (SSSR count). The third-order valence-corrected chi connectivity index (χ3v) is 9.75. The van der Waals surface area contributed by atoms with E-state index < -0.39 is 0 Å². The molecule has 224 valence electrons. The molecule has 9 aromatic rings. The van der Waals surface area contributed by atoms with Gasteiger partial charge in [-0.1, -0.05) is 86.1 Å². The van der Waals surface area contributed by atoms with Gasteiger partial charge in [0.05, 0.1) is 16.7 Å². The molecule has 0 aliphatic carbocycles. The van der Waals surface area contributed by atoms with Gasteiger partial charge in [0.1, 0.15) is 0 Å². The zero-order valence-corrected chi connectivity index (χ0v) is 27.7. The fourth-order valence-corrected chi connectivity index (χ4v) is 7.48. The van der Waals surface area contributed by atoms with Crippen LogP contribution in [0.25, 0.3) is 69.8 Å². The summed E-state index contributed by atoms with van der Waals surface area (Å²) in [6.07, 6.45) is 1.87. The Labute approximate surface area is 284 Å². The van der Waals surface area contributed by atoms with Crippen molar-refractivity contribution in [1.29, 1.82) is 0 Å². The van der Waals surface area contributed by atoms with Gasteiger partial charge in [0.2, 0.25) is 0 Å². The van der Waals surface area contributed by atoms with Crippen LogP contribution in [0.3, 0.4) is 0 Å².